The Balaban J connectivity index is 2.20. The van der Waals surface area contributed by atoms with Gasteiger partial charge in [0.15, 0.2) is 5.69 Å². The molecule has 2 aromatic carbocycles. The molecule has 25 heavy (non-hydrogen) atoms. The quantitative estimate of drug-likeness (QED) is 0.723. The van der Waals surface area contributed by atoms with Gasteiger partial charge < -0.3 is 10.5 Å². The van der Waals surface area contributed by atoms with E-state index in [1.165, 1.54) is 19.2 Å². The van der Waals surface area contributed by atoms with E-state index < -0.39 is 11.9 Å². The van der Waals surface area contributed by atoms with Gasteiger partial charge in [-0.15, -0.1) is 0 Å². The van der Waals surface area contributed by atoms with Gasteiger partial charge in [0.2, 0.25) is 0 Å². The van der Waals surface area contributed by atoms with Gasteiger partial charge in [0, 0.05) is 5.02 Å². The summed E-state index contributed by atoms with van der Waals surface area (Å²) in [4.78, 5) is 0. The fraction of sp³-hybridized carbons (Fsp3) is 0.118. The Morgan fingerprint density at radius 2 is 1.64 bits per heavy atom. The molecule has 0 aliphatic rings. The summed E-state index contributed by atoms with van der Waals surface area (Å²) in [6.45, 7) is 0. The number of nitrogen functional groups attached to an aromatic ring is 1. The molecule has 130 valence electrons. The fourth-order valence-corrected chi connectivity index (χ4v) is 2.58. The van der Waals surface area contributed by atoms with Crippen molar-refractivity contribution in [1.82, 2.24) is 9.78 Å². The van der Waals surface area contributed by atoms with E-state index in [9.17, 15) is 13.2 Å². The van der Waals surface area contributed by atoms with Gasteiger partial charge in [0.05, 0.1) is 18.4 Å². The molecule has 0 spiro atoms. The minimum Gasteiger partial charge on any atom is -0.497 e. The molecule has 0 saturated heterocycles. The fourth-order valence-electron chi connectivity index (χ4n) is 2.45. The molecule has 0 bridgehead atoms. The number of hydrogen-bond acceptors (Lipinski definition) is 3. The number of nitrogens with zero attached hydrogens (tertiary/aromatic N) is 2. The zero-order valence-corrected chi connectivity index (χ0v) is 13.8. The Labute approximate surface area is 146 Å². The van der Waals surface area contributed by atoms with Gasteiger partial charge in [-0.3, -0.25) is 0 Å². The second kappa shape index (κ2) is 6.33. The van der Waals surface area contributed by atoms with Crippen LogP contribution in [0.1, 0.15) is 5.69 Å². The Bertz CT molecular complexity index is 887. The average Bonchev–Trinajstić information content (AvgIpc) is 2.93. The summed E-state index contributed by atoms with van der Waals surface area (Å²) in [6.07, 6.45) is -4.65. The normalized spacial score (nSPS) is 11.6. The Morgan fingerprint density at radius 3 is 2.16 bits per heavy atom. The summed E-state index contributed by atoms with van der Waals surface area (Å²) in [5, 5.41) is 4.15. The van der Waals surface area contributed by atoms with Gasteiger partial charge in [-0.05, 0) is 42.0 Å². The number of hydrogen-bond donors (Lipinski definition) is 1. The first-order valence-corrected chi connectivity index (χ1v) is 7.55. The van der Waals surface area contributed by atoms with Crippen LogP contribution in [0.15, 0.2) is 48.5 Å². The zero-order chi connectivity index (χ0) is 18.2. The Hall–Kier alpha value is -2.67. The molecule has 0 amide bonds. The molecule has 8 heteroatoms. The second-order valence-corrected chi connectivity index (χ2v) is 5.66. The Kier molecular flexibility index (Phi) is 4.34. The largest absolute Gasteiger partial charge is 0.497 e. The van der Waals surface area contributed by atoms with Crippen LogP contribution in [0.25, 0.3) is 16.8 Å². The molecule has 0 aliphatic heterocycles. The van der Waals surface area contributed by atoms with Crippen molar-refractivity contribution in [3.63, 3.8) is 0 Å². The first kappa shape index (κ1) is 17.2. The molecule has 0 unspecified atom stereocenters. The lowest BCUT2D eigenvalue weighted by atomic mass is 10.0. The van der Waals surface area contributed by atoms with Crippen LogP contribution in [-0.2, 0) is 6.18 Å². The van der Waals surface area contributed by atoms with Crippen LogP contribution in [0.3, 0.4) is 0 Å². The van der Waals surface area contributed by atoms with Crippen molar-refractivity contribution >= 4 is 17.4 Å². The standard InChI is InChI=1S/C17H13ClF3N3O/c1-25-13-8-2-10(3-9-13)14-15(17(19,20)21)23-24(16(14)22)12-6-4-11(18)5-7-12/h2-9H,22H2,1H3. The maximum absolute atomic E-state index is 13.5. The number of anilines is 1. The minimum absolute atomic E-state index is 0.111. The van der Waals surface area contributed by atoms with E-state index in [1.807, 2.05) is 0 Å². The Morgan fingerprint density at radius 1 is 1.04 bits per heavy atom. The molecule has 0 atom stereocenters. The van der Waals surface area contributed by atoms with Crippen LogP contribution in [0.2, 0.25) is 5.02 Å². The molecule has 3 rings (SSSR count). The number of benzene rings is 2. The third-order valence-electron chi connectivity index (χ3n) is 3.64. The van der Waals surface area contributed by atoms with Crippen LogP contribution >= 0.6 is 11.6 Å². The lowest BCUT2D eigenvalue weighted by molar-refractivity contribution is -0.140. The molecular weight excluding hydrogens is 355 g/mol. The van der Waals surface area contributed by atoms with E-state index in [1.54, 1.807) is 36.4 Å². The molecule has 3 aromatic rings. The average molecular weight is 368 g/mol. The number of ether oxygens (including phenoxy) is 1. The first-order valence-electron chi connectivity index (χ1n) is 7.17. The van der Waals surface area contributed by atoms with E-state index in [2.05, 4.69) is 5.10 Å². The lowest BCUT2D eigenvalue weighted by Crippen LogP contribution is -2.08. The van der Waals surface area contributed by atoms with Gasteiger partial charge in [-0.1, -0.05) is 23.7 Å². The number of methoxy groups -OCH3 is 1. The monoisotopic (exact) mass is 367 g/mol. The highest BCUT2D eigenvalue weighted by Gasteiger charge is 2.39. The molecule has 0 aliphatic carbocycles. The SMILES string of the molecule is COc1ccc(-c2c(C(F)(F)F)nn(-c3ccc(Cl)cc3)c2N)cc1. The van der Waals surface area contributed by atoms with E-state index in [-0.39, 0.29) is 11.4 Å². The number of rotatable bonds is 3. The van der Waals surface area contributed by atoms with Crippen molar-refractivity contribution < 1.29 is 17.9 Å². The molecule has 0 saturated carbocycles. The minimum atomic E-state index is -4.65. The highest BCUT2D eigenvalue weighted by Crippen LogP contribution is 2.41. The molecule has 2 N–H and O–H groups in total. The highest BCUT2D eigenvalue weighted by molar-refractivity contribution is 6.30. The van der Waals surface area contributed by atoms with Gasteiger partial charge in [-0.25, -0.2) is 4.68 Å². The predicted octanol–water partition coefficient (Wildman–Crippen LogP) is 4.80. The van der Waals surface area contributed by atoms with Crippen molar-refractivity contribution in [2.24, 2.45) is 0 Å². The van der Waals surface area contributed by atoms with Gasteiger partial charge in [-0.2, -0.15) is 18.3 Å². The van der Waals surface area contributed by atoms with Crippen molar-refractivity contribution in [1.29, 1.82) is 0 Å². The van der Waals surface area contributed by atoms with Crippen LogP contribution in [0.4, 0.5) is 19.0 Å². The van der Waals surface area contributed by atoms with Gasteiger partial charge >= 0.3 is 6.18 Å². The summed E-state index contributed by atoms with van der Waals surface area (Å²) < 4.78 is 46.5. The summed E-state index contributed by atoms with van der Waals surface area (Å²) in [6, 6.07) is 12.3. The number of aromatic nitrogens is 2. The molecule has 1 aromatic heterocycles. The highest BCUT2D eigenvalue weighted by atomic mass is 35.5. The maximum Gasteiger partial charge on any atom is 0.435 e. The molecule has 4 nitrogen and oxygen atoms in total. The second-order valence-electron chi connectivity index (χ2n) is 5.22. The number of alkyl halides is 3. The summed E-state index contributed by atoms with van der Waals surface area (Å²) in [5.74, 6) is 0.417. The van der Waals surface area contributed by atoms with Crippen LogP contribution in [0.5, 0.6) is 5.75 Å². The molecule has 0 radical (unpaired) electrons. The summed E-state index contributed by atoms with van der Waals surface area (Å²) in [5.41, 5.74) is 5.46. The van der Waals surface area contributed by atoms with Crippen molar-refractivity contribution in [2.75, 3.05) is 12.8 Å². The van der Waals surface area contributed by atoms with Crippen molar-refractivity contribution in [3.8, 4) is 22.6 Å². The predicted molar refractivity (Wildman–Crippen MR) is 90.0 cm³/mol. The van der Waals surface area contributed by atoms with Crippen molar-refractivity contribution in [3.05, 3.63) is 59.2 Å². The topological polar surface area (TPSA) is 53.1 Å². The van der Waals surface area contributed by atoms with E-state index in [0.29, 0.717) is 22.0 Å². The van der Waals surface area contributed by atoms with E-state index in [0.717, 1.165) is 4.68 Å². The van der Waals surface area contributed by atoms with Crippen LogP contribution in [0, 0.1) is 0 Å². The first-order chi connectivity index (χ1) is 11.8. The lowest BCUT2D eigenvalue weighted by Gasteiger charge is -2.08. The van der Waals surface area contributed by atoms with E-state index in [4.69, 9.17) is 22.1 Å². The molecule has 0 fully saturated rings. The van der Waals surface area contributed by atoms with Crippen molar-refractivity contribution in [2.45, 2.75) is 6.18 Å². The number of halogens is 4. The summed E-state index contributed by atoms with van der Waals surface area (Å²) in [7, 11) is 1.48. The van der Waals surface area contributed by atoms with Gasteiger partial charge in [0.1, 0.15) is 11.6 Å². The zero-order valence-electron chi connectivity index (χ0n) is 13.0. The maximum atomic E-state index is 13.5. The molecular formula is C17H13ClF3N3O. The molecule has 1 heterocycles. The van der Waals surface area contributed by atoms with Gasteiger partial charge in [0.25, 0.3) is 0 Å². The third-order valence-corrected chi connectivity index (χ3v) is 3.89. The van der Waals surface area contributed by atoms with Crippen LogP contribution in [-0.4, -0.2) is 16.9 Å². The van der Waals surface area contributed by atoms with Crippen LogP contribution < -0.4 is 10.5 Å². The smallest absolute Gasteiger partial charge is 0.435 e. The number of nitrogens with two attached hydrogens (primary N) is 1. The van der Waals surface area contributed by atoms with E-state index >= 15 is 0 Å². The summed E-state index contributed by atoms with van der Waals surface area (Å²) >= 11 is 5.82. The third kappa shape index (κ3) is 3.28.